The Morgan fingerprint density at radius 3 is 2.53 bits per heavy atom. The molecule has 1 heterocycles. The van der Waals surface area contributed by atoms with Gasteiger partial charge in [-0.1, -0.05) is 30.7 Å². The molecule has 30 heavy (non-hydrogen) atoms. The summed E-state index contributed by atoms with van der Waals surface area (Å²) in [4.78, 5) is 38.6. The highest BCUT2D eigenvalue weighted by atomic mass is 35.5. The molecular formula is C21H20ClFN4O3. The van der Waals surface area contributed by atoms with Crippen LogP contribution in [0.3, 0.4) is 0 Å². The zero-order chi connectivity index (χ0) is 21.8. The number of nitrogens with zero attached hydrogens (tertiary/aromatic N) is 3. The average Bonchev–Trinajstić information content (AvgIpc) is 2.72. The third-order valence-electron chi connectivity index (χ3n) is 4.57. The van der Waals surface area contributed by atoms with Crippen LogP contribution >= 0.6 is 11.6 Å². The summed E-state index contributed by atoms with van der Waals surface area (Å²) in [6, 6.07) is 11.6. The fourth-order valence-electron chi connectivity index (χ4n) is 2.76. The number of aromatic nitrogens is 3. The lowest BCUT2D eigenvalue weighted by molar-refractivity contribution is 0.0929. The predicted octanol–water partition coefficient (Wildman–Crippen LogP) is 2.76. The van der Waals surface area contributed by atoms with Crippen molar-refractivity contribution in [3.63, 3.8) is 0 Å². The fraction of sp³-hybridized carbons (Fsp3) is 0.238. The predicted molar refractivity (Wildman–Crippen MR) is 112 cm³/mol. The SMILES string of the molecule is CC[C@H](C)NC(=O)c1nn(-c2ccc(Cl)cc2)c(=O)n(Cc2cccc(F)c2)c1=O. The Morgan fingerprint density at radius 1 is 1.20 bits per heavy atom. The zero-order valence-electron chi connectivity index (χ0n) is 16.4. The summed E-state index contributed by atoms with van der Waals surface area (Å²) in [6.45, 7) is 3.46. The fourth-order valence-corrected chi connectivity index (χ4v) is 2.89. The van der Waals surface area contributed by atoms with E-state index >= 15 is 0 Å². The number of carbonyl (C=O) groups is 1. The molecule has 0 radical (unpaired) electrons. The molecule has 9 heteroatoms. The summed E-state index contributed by atoms with van der Waals surface area (Å²) < 4.78 is 15.4. The minimum absolute atomic E-state index is 0.189. The third kappa shape index (κ3) is 4.65. The second-order valence-electron chi connectivity index (χ2n) is 6.82. The van der Waals surface area contributed by atoms with Crippen molar-refractivity contribution in [2.75, 3.05) is 0 Å². The van der Waals surface area contributed by atoms with Gasteiger partial charge in [0.15, 0.2) is 0 Å². The number of benzene rings is 2. The van der Waals surface area contributed by atoms with Gasteiger partial charge in [-0.05, 0) is 55.3 Å². The molecule has 2 aromatic carbocycles. The van der Waals surface area contributed by atoms with E-state index in [1.54, 1.807) is 37.3 Å². The van der Waals surface area contributed by atoms with Crippen LogP contribution < -0.4 is 16.6 Å². The van der Waals surface area contributed by atoms with E-state index in [4.69, 9.17) is 11.6 Å². The molecule has 0 spiro atoms. The molecule has 1 amide bonds. The minimum Gasteiger partial charge on any atom is -0.348 e. The van der Waals surface area contributed by atoms with Gasteiger partial charge in [0.05, 0.1) is 12.2 Å². The minimum atomic E-state index is -0.852. The van der Waals surface area contributed by atoms with Gasteiger partial charge in [0.1, 0.15) is 5.82 Å². The van der Waals surface area contributed by atoms with Gasteiger partial charge in [-0.3, -0.25) is 14.2 Å². The second-order valence-corrected chi connectivity index (χ2v) is 7.26. The Kier molecular flexibility index (Phi) is 6.47. The van der Waals surface area contributed by atoms with Crippen molar-refractivity contribution in [2.45, 2.75) is 32.9 Å². The van der Waals surface area contributed by atoms with E-state index in [2.05, 4.69) is 10.4 Å². The first-order chi connectivity index (χ1) is 14.3. The molecule has 3 aromatic rings. The van der Waals surface area contributed by atoms with Gasteiger partial charge in [-0.2, -0.15) is 9.78 Å². The van der Waals surface area contributed by atoms with Crippen LogP contribution in [-0.4, -0.2) is 26.3 Å². The lowest BCUT2D eigenvalue weighted by atomic mass is 10.2. The van der Waals surface area contributed by atoms with Crippen molar-refractivity contribution < 1.29 is 9.18 Å². The van der Waals surface area contributed by atoms with Crippen molar-refractivity contribution in [1.29, 1.82) is 0 Å². The first-order valence-corrected chi connectivity index (χ1v) is 9.73. The van der Waals surface area contributed by atoms with Crippen LogP contribution in [0, 0.1) is 5.82 Å². The topological polar surface area (TPSA) is 86.0 Å². The standard InChI is InChI=1S/C21H20ClFN4O3/c1-3-13(2)24-19(28)18-20(29)26(12-14-5-4-6-16(23)11-14)21(30)27(25-18)17-9-7-15(22)8-10-17/h4-11,13H,3,12H2,1-2H3,(H,24,28)/t13-/m0/s1. The van der Waals surface area contributed by atoms with E-state index < -0.39 is 28.7 Å². The monoisotopic (exact) mass is 430 g/mol. The number of hydrogen-bond acceptors (Lipinski definition) is 4. The van der Waals surface area contributed by atoms with E-state index in [1.165, 1.54) is 18.2 Å². The number of nitrogens with one attached hydrogen (secondary N) is 1. The highest BCUT2D eigenvalue weighted by Crippen LogP contribution is 2.11. The normalized spacial score (nSPS) is 11.9. The molecule has 1 aromatic heterocycles. The zero-order valence-corrected chi connectivity index (χ0v) is 17.2. The third-order valence-corrected chi connectivity index (χ3v) is 4.82. The van der Waals surface area contributed by atoms with Crippen LogP contribution in [-0.2, 0) is 6.54 Å². The van der Waals surface area contributed by atoms with Crippen LogP contribution in [0.2, 0.25) is 5.02 Å². The molecule has 0 unspecified atom stereocenters. The molecule has 0 saturated heterocycles. The molecule has 0 aliphatic carbocycles. The molecule has 0 aliphatic heterocycles. The summed E-state index contributed by atoms with van der Waals surface area (Å²) in [5.74, 6) is -1.19. The smallest absolute Gasteiger partial charge is 0.348 e. The van der Waals surface area contributed by atoms with E-state index in [0.717, 1.165) is 9.25 Å². The summed E-state index contributed by atoms with van der Waals surface area (Å²) in [5.41, 5.74) is -1.31. The van der Waals surface area contributed by atoms with Crippen molar-refractivity contribution in [3.05, 3.63) is 91.5 Å². The maximum atomic E-state index is 13.6. The van der Waals surface area contributed by atoms with Gasteiger partial charge in [-0.25, -0.2) is 9.18 Å². The first kappa shape index (κ1) is 21.4. The van der Waals surface area contributed by atoms with Gasteiger partial charge < -0.3 is 5.32 Å². The summed E-state index contributed by atoms with van der Waals surface area (Å²) in [7, 11) is 0. The number of amides is 1. The Bertz CT molecular complexity index is 1190. The molecule has 1 atom stereocenters. The summed E-state index contributed by atoms with van der Waals surface area (Å²) in [6.07, 6.45) is 0.653. The van der Waals surface area contributed by atoms with Crippen molar-refractivity contribution in [3.8, 4) is 5.69 Å². The van der Waals surface area contributed by atoms with Gasteiger partial charge in [0.25, 0.3) is 11.5 Å². The number of rotatable bonds is 6. The molecule has 3 rings (SSSR count). The quantitative estimate of drug-likeness (QED) is 0.651. The molecule has 0 bridgehead atoms. The molecule has 7 nitrogen and oxygen atoms in total. The number of hydrogen-bond donors (Lipinski definition) is 1. The number of carbonyl (C=O) groups excluding carboxylic acids is 1. The van der Waals surface area contributed by atoms with Crippen LogP contribution in [0.5, 0.6) is 0 Å². The molecule has 0 saturated carbocycles. The van der Waals surface area contributed by atoms with E-state index in [9.17, 15) is 18.8 Å². The van der Waals surface area contributed by atoms with Crippen LogP contribution in [0.4, 0.5) is 4.39 Å². The Morgan fingerprint density at radius 2 is 1.90 bits per heavy atom. The molecule has 156 valence electrons. The first-order valence-electron chi connectivity index (χ1n) is 9.35. The molecule has 1 N–H and O–H groups in total. The average molecular weight is 431 g/mol. The van der Waals surface area contributed by atoms with Gasteiger partial charge in [0.2, 0.25) is 5.69 Å². The van der Waals surface area contributed by atoms with Crippen LogP contribution in [0.1, 0.15) is 36.3 Å². The van der Waals surface area contributed by atoms with Crippen molar-refractivity contribution in [2.24, 2.45) is 0 Å². The van der Waals surface area contributed by atoms with Crippen molar-refractivity contribution in [1.82, 2.24) is 19.7 Å². The Hall–Kier alpha value is -3.26. The summed E-state index contributed by atoms with van der Waals surface area (Å²) in [5, 5.41) is 7.16. The van der Waals surface area contributed by atoms with Gasteiger partial charge >= 0.3 is 5.69 Å². The lowest BCUT2D eigenvalue weighted by Gasteiger charge is -2.14. The Balaban J connectivity index is 2.18. The molecule has 0 fully saturated rings. The highest BCUT2D eigenvalue weighted by Gasteiger charge is 2.21. The van der Waals surface area contributed by atoms with Crippen LogP contribution in [0.25, 0.3) is 5.69 Å². The van der Waals surface area contributed by atoms with E-state index in [0.29, 0.717) is 22.7 Å². The highest BCUT2D eigenvalue weighted by molar-refractivity contribution is 6.30. The second kappa shape index (κ2) is 9.04. The Labute approximate surface area is 176 Å². The van der Waals surface area contributed by atoms with Gasteiger partial charge in [0, 0.05) is 11.1 Å². The van der Waals surface area contributed by atoms with E-state index in [1.807, 2.05) is 6.92 Å². The lowest BCUT2D eigenvalue weighted by Crippen LogP contribution is -2.47. The maximum Gasteiger partial charge on any atom is 0.352 e. The van der Waals surface area contributed by atoms with Crippen molar-refractivity contribution >= 4 is 17.5 Å². The van der Waals surface area contributed by atoms with Gasteiger partial charge in [-0.15, -0.1) is 0 Å². The van der Waals surface area contributed by atoms with Crippen LogP contribution in [0.15, 0.2) is 58.1 Å². The molecular weight excluding hydrogens is 411 g/mol. The van der Waals surface area contributed by atoms with E-state index in [-0.39, 0.29) is 12.6 Å². The maximum absolute atomic E-state index is 13.6. The largest absolute Gasteiger partial charge is 0.352 e. The molecule has 0 aliphatic rings. The summed E-state index contributed by atoms with van der Waals surface area (Å²) >= 11 is 5.91. The number of halogens is 2.